The molecular formula is C12H12N2O3S. The normalized spacial score (nSPS) is 10.6. The van der Waals surface area contributed by atoms with Gasteiger partial charge in [-0.1, -0.05) is 0 Å². The lowest BCUT2D eigenvalue weighted by Crippen LogP contribution is -2.01. The average molecular weight is 264 g/mol. The highest BCUT2D eigenvalue weighted by molar-refractivity contribution is 7.99. The molecular weight excluding hydrogens is 252 g/mol. The summed E-state index contributed by atoms with van der Waals surface area (Å²) in [5.74, 6) is -0.291. The van der Waals surface area contributed by atoms with Gasteiger partial charge in [-0.3, -0.25) is 0 Å². The molecule has 0 amide bonds. The Morgan fingerprint density at radius 2 is 2.17 bits per heavy atom. The average Bonchev–Trinajstić information content (AvgIpc) is 2.60. The molecule has 0 saturated carbocycles. The summed E-state index contributed by atoms with van der Waals surface area (Å²) in [6.45, 7) is 3.69. The Morgan fingerprint density at radius 1 is 1.44 bits per heavy atom. The largest absolute Gasteiger partial charge is 0.478 e. The van der Waals surface area contributed by atoms with E-state index < -0.39 is 5.97 Å². The maximum atomic E-state index is 11.0. The third-order valence-corrected chi connectivity index (χ3v) is 3.31. The van der Waals surface area contributed by atoms with Gasteiger partial charge in [0.2, 0.25) is 0 Å². The van der Waals surface area contributed by atoms with E-state index in [-0.39, 0.29) is 11.3 Å². The fourth-order valence-corrected chi connectivity index (χ4v) is 2.24. The molecule has 2 rings (SSSR count). The zero-order chi connectivity index (χ0) is 13.3. The minimum atomic E-state index is -1.05. The van der Waals surface area contributed by atoms with Crippen LogP contribution in [0.25, 0.3) is 0 Å². The van der Waals surface area contributed by atoms with Crippen LogP contribution in [0.3, 0.4) is 0 Å². The first kappa shape index (κ1) is 12.5. The summed E-state index contributed by atoms with van der Waals surface area (Å²) < 4.78 is 5.42. The van der Waals surface area contributed by atoms with Crippen molar-refractivity contribution >= 4 is 23.4 Å². The molecule has 0 atom stereocenters. The number of anilines is 1. The summed E-state index contributed by atoms with van der Waals surface area (Å²) in [7, 11) is 0. The molecule has 0 spiro atoms. The molecule has 0 aliphatic carbocycles. The number of nitrogen functional groups attached to an aromatic ring is 1. The van der Waals surface area contributed by atoms with Crippen LogP contribution in [0.2, 0.25) is 0 Å². The molecule has 18 heavy (non-hydrogen) atoms. The number of carboxylic acid groups (broad SMARTS) is 1. The molecule has 0 bridgehead atoms. The van der Waals surface area contributed by atoms with Crippen LogP contribution in [0.4, 0.5) is 5.69 Å². The molecule has 0 aliphatic rings. The van der Waals surface area contributed by atoms with Gasteiger partial charge in [-0.25, -0.2) is 9.78 Å². The molecule has 5 nitrogen and oxygen atoms in total. The van der Waals surface area contributed by atoms with Gasteiger partial charge >= 0.3 is 5.97 Å². The van der Waals surface area contributed by atoms with Crippen molar-refractivity contribution in [3.63, 3.8) is 0 Å². The number of rotatable bonds is 3. The van der Waals surface area contributed by atoms with Crippen LogP contribution in [-0.2, 0) is 0 Å². The second-order valence-corrected chi connectivity index (χ2v) is 4.80. The van der Waals surface area contributed by atoms with E-state index in [9.17, 15) is 4.79 Å². The van der Waals surface area contributed by atoms with Crippen LogP contribution in [0.5, 0.6) is 0 Å². The van der Waals surface area contributed by atoms with Crippen molar-refractivity contribution in [1.29, 1.82) is 0 Å². The first-order valence-corrected chi connectivity index (χ1v) is 6.03. The number of carbonyl (C=O) groups is 1. The summed E-state index contributed by atoms with van der Waals surface area (Å²) in [4.78, 5) is 15.9. The molecule has 0 unspecified atom stereocenters. The second kappa shape index (κ2) is 4.73. The maximum absolute atomic E-state index is 11.0. The van der Waals surface area contributed by atoms with Crippen molar-refractivity contribution in [2.75, 3.05) is 5.73 Å². The van der Waals surface area contributed by atoms with Crippen molar-refractivity contribution in [1.82, 2.24) is 4.98 Å². The van der Waals surface area contributed by atoms with Gasteiger partial charge in [-0.2, -0.15) is 0 Å². The van der Waals surface area contributed by atoms with E-state index in [0.717, 1.165) is 16.3 Å². The van der Waals surface area contributed by atoms with Gasteiger partial charge in [0.1, 0.15) is 5.76 Å². The number of hydrogen-bond acceptors (Lipinski definition) is 5. The molecule has 0 fully saturated rings. The molecule has 0 aliphatic heterocycles. The topological polar surface area (TPSA) is 89.3 Å². The smallest absolute Gasteiger partial charge is 0.337 e. The number of aromatic nitrogens is 1. The molecule has 1 aromatic carbocycles. The summed E-state index contributed by atoms with van der Waals surface area (Å²) in [6, 6.07) is 4.81. The fraction of sp³-hybridized carbons (Fsp3) is 0.167. The van der Waals surface area contributed by atoms with Crippen molar-refractivity contribution in [3.05, 3.63) is 35.2 Å². The highest BCUT2D eigenvalue weighted by Crippen LogP contribution is 2.30. The minimum absolute atomic E-state index is 0.0833. The zero-order valence-electron chi connectivity index (χ0n) is 9.93. The van der Waals surface area contributed by atoms with Crippen LogP contribution in [-0.4, -0.2) is 16.1 Å². The number of aromatic carboxylic acids is 1. The quantitative estimate of drug-likeness (QED) is 0.828. The molecule has 1 heterocycles. The van der Waals surface area contributed by atoms with Crippen LogP contribution in [0.15, 0.2) is 32.7 Å². The van der Waals surface area contributed by atoms with E-state index >= 15 is 0 Å². The van der Waals surface area contributed by atoms with Gasteiger partial charge in [0, 0.05) is 10.6 Å². The van der Waals surface area contributed by atoms with E-state index in [2.05, 4.69) is 4.98 Å². The number of nitrogens with two attached hydrogens (primary N) is 1. The summed E-state index contributed by atoms with van der Waals surface area (Å²) in [5.41, 5.74) is 6.73. The van der Waals surface area contributed by atoms with Gasteiger partial charge in [0.05, 0.1) is 11.3 Å². The molecule has 3 N–H and O–H groups in total. The van der Waals surface area contributed by atoms with E-state index in [1.54, 1.807) is 12.1 Å². The predicted molar refractivity (Wildman–Crippen MR) is 67.9 cm³/mol. The number of nitrogens with zero attached hydrogens (tertiary/aromatic N) is 1. The second-order valence-electron chi connectivity index (χ2n) is 3.78. The van der Waals surface area contributed by atoms with Crippen LogP contribution >= 0.6 is 11.8 Å². The first-order chi connectivity index (χ1) is 8.47. The molecule has 94 valence electrons. The van der Waals surface area contributed by atoms with E-state index in [0.29, 0.717) is 5.22 Å². The van der Waals surface area contributed by atoms with Crippen molar-refractivity contribution in [3.8, 4) is 0 Å². The van der Waals surface area contributed by atoms with Gasteiger partial charge in [0.25, 0.3) is 5.22 Å². The Morgan fingerprint density at radius 3 is 2.72 bits per heavy atom. The van der Waals surface area contributed by atoms with Crippen molar-refractivity contribution in [2.24, 2.45) is 0 Å². The van der Waals surface area contributed by atoms with Crippen molar-refractivity contribution in [2.45, 2.75) is 24.0 Å². The Balaban J connectivity index is 2.29. The first-order valence-electron chi connectivity index (χ1n) is 5.22. The summed E-state index contributed by atoms with van der Waals surface area (Å²) >= 11 is 1.27. The summed E-state index contributed by atoms with van der Waals surface area (Å²) in [5, 5.41) is 9.47. The third-order valence-electron chi connectivity index (χ3n) is 2.47. The number of carboxylic acids is 1. The fourth-order valence-electron chi connectivity index (χ4n) is 1.37. The van der Waals surface area contributed by atoms with E-state index in [1.165, 1.54) is 17.8 Å². The standard InChI is InChI=1S/C12H12N2O3S/c1-6-7(2)17-12(14-6)18-8-3-4-10(13)9(5-8)11(15)16/h3-5H,13H2,1-2H3,(H,15,16). The lowest BCUT2D eigenvalue weighted by atomic mass is 10.2. The van der Waals surface area contributed by atoms with Crippen LogP contribution in [0.1, 0.15) is 21.8 Å². The number of benzene rings is 1. The van der Waals surface area contributed by atoms with Crippen LogP contribution in [0, 0.1) is 13.8 Å². The zero-order valence-corrected chi connectivity index (χ0v) is 10.7. The summed E-state index contributed by atoms with van der Waals surface area (Å²) in [6.07, 6.45) is 0. The minimum Gasteiger partial charge on any atom is -0.478 e. The highest BCUT2D eigenvalue weighted by atomic mass is 32.2. The van der Waals surface area contributed by atoms with E-state index in [1.807, 2.05) is 13.8 Å². The van der Waals surface area contributed by atoms with Gasteiger partial charge in [-0.05, 0) is 43.8 Å². The number of hydrogen-bond donors (Lipinski definition) is 2. The van der Waals surface area contributed by atoms with Crippen LogP contribution < -0.4 is 5.73 Å². The Kier molecular flexibility index (Phi) is 3.29. The Labute approximate surface area is 108 Å². The number of oxazole rings is 1. The van der Waals surface area contributed by atoms with Gasteiger partial charge < -0.3 is 15.3 Å². The highest BCUT2D eigenvalue weighted by Gasteiger charge is 2.12. The SMILES string of the molecule is Cc1nc(Sc2ccc(N)c(C(=O)O)c2)oc1C. The van der Waals surface area contributed by atoms with E-state index in [4.69, 9.17) is 15.3 Å². The Hall–Kier alpha value is -1.95. The number of aryl methyl sites for hydroxylation is 2. The molecule has 1 aromatic heterocycles. The molecule has 2 aromatic rings. The van der Waals surface area contributed by atoms with Crippen molar-refractivity contribution < 1.29 is 14.3 Å². The molecule has 0 radical (unpaired) electrons. The third kappa shape index (κ3) is 2.48. The molecule has 6 heteroatoms. The monoisotopic (exact) mass is 264 g/mol. The lowest BCUT2D eigenvalue weighted by Gasteiger charge is -2.02. The maximum Gasteiger partial charge on any atom is 0.337 e. The van der Waals surface area contributed by atoms with Gasteiger partial charge in [0.15, 0.2) is 0 Å². The lowest BCUT2D eigenvalue weighted by molar-refractivity contribution is 0.0698. The molecule has 0 saturated heterocycles. The Bertz CT molecular complexity index is 588. The predicted octanol–water partition coefficient (Wildman–Crippen LogP) is 2.72. The van der Waals surface area contributed by atoms with Gasteiger partial charge in [-0.15, -0.1) is 0 Å².